The first-order chi connectivity index (χ1) is 10.6. The van der Waals surface area contributed by atoms with Gasteiger partial charge in [-0.3, -0.25) is 4.79 Å². The Morgan fingerprint density at radius 3 is 2.54 bits per heavy atom. The summed E-state index contributed by atoms with van der Waals surface area (Å²) in [7, 11) is 3.97. The standard InChI is InChI=1S/C18H19N3O.2ClH/c1-21(2)11-10-19-18(22)15-8-5-7-14-12-13-6-3-4-9-16(13)20-17(14)15;;/h3-9,12H,10-11H2,1-2H3,(H,19,22);2*1H. The lowest BCUT2D eigenvalue weighted by Crippen LogP contribution is -3.00. The number of hydrogen-bond acceptors (Lipinski definition) is 3. The van der Waals surface area contributed by atoms with Crippen LogP contribution in [-0.4, -0.2) is 43.0 Å². The van der Waals surface area contributed by atoms with Crippen molar-refractivity contribution in [3.05, 3.63) is 54.1 Å². The third-order valence-electron chi connectivity index (χ3n) is 3.64. The lowest BCUT2D eigenvalue weighted by molar-refractivity contribution is -0.00100. The van der Waals surface area contributed by atoms with E-state index in [2.05, 4.69) is 16.4 Å². The van der Waals surface area contributed by atoms with Gasteiger partial charge >= 0.3 is 2.85 Å². The van der Waals surface area contributed by atoms with Crippen LogP contribution in [0.5, 0.6) is 0 Å². The molecule has 0 aliphatic rings. The van der Waals surface area contributed by atoms with Crippen molar-refractivity contribution < 1.29 is 32.5 Å². The molecule has 3 aromatic rings. The summed E-state index contributed by atoms with van der Waals surface area (Å²) in [6.07, 6.45) is 0. The highest BCUT2D eigenvalue weighted by atomic mass is 35.5. The molecular weight excluding hydrogens is 345 g/mol. The highest BCUT2D eigenvalue weighted by molar-refractivity contribution is 6.07. The Balaban J connectivity index is 0. The van der Waals surface area contributed by atoms with Crippen molar-refractivity contribution in [2.45, 2.75) is 0 Å². The summed E-state index contributed by atoms with van der Waals surface area (Å²) in [6.45, 7) is 1.43. The van der Waals surface area contributed by atoms with Gasteiger partial charge in [0.1, 0.15) is 0 Å². The number of nitrogens with zero attached hydrogens (tertiary/aromatic N) is 2. The Morgan fingerprint density at radius 1 is 1.08 bits per heavy atom. The molecule has 128 valence electrons. The van der Waals surface area contributed by atoms with Gasteiger partial charge in [0.15, 0.2) is 0 Å². The summed E-state index contributed by atoms with van der Waals surface area (Å²) in [6, 6.07) is 15.8. The number of carbonyl (C=O) groups excluding carboxylic acids is 1. The number of amides is 1. The molecule has 0 bridgehead atoms. The van der Waals surface area contributed by atoms with Crippen molar-refractivity contribution in [2.24, 2.45) is 0 Å². The van der Waals surface area contributed by atoms with E-state index < -0.39 is 0 Å². The third kappa shape index (κ3) is 4.35. The van der Waals surface area contributed by atoms with Crippen LogP contribution in [0.2, 0.25) is 0 Å². The van der Waals surface area contributed by atoms with Crippen molar-refractivity contribution in [3.63, 3.8) is 0 Å². The van der Waals surface area contributed by atoms with E-state index in [1.165, 1.54) is 0 Å². The molecule has 1 N–H and O–H groups in total. The second-order valence-corrected chi connectivity index (χ2v) is 5.62. The molecule has 3 rings (SSSR count). The van der Waals surface area contributed by atoms with Crippen LogP contribution >= 0.6 is 0 Å². The fourth-order valence-electron chi connectivity index (χ4n) is 2.47. The van der Waals surface area contributed by atoms with Gasteiger partial charge in [0, 0.05) is 23.9 Å². The quantitative estimate of drug-likeness (QED) is 0.498. The number of nitrogens with one attached hydrogen (secondary N) is 1. The first-order valence-electron chi connectivity index (χ1n) is 7.36. The van der Waals surface area contributed by atoms with Gasteiger partial charge in [0.05, 0.1) is 16.6 Å². The molecule has 0 spiro atoms. The molecule has 0 aliphatic carbocycles. The maximum Gasteiger partial charge on any atom is 1.00 e. The fraction of sp³-hybridized carbons (Fsp3) is 0.222. The van der Waals surface area contributed by atoms with Crippen LogP contribution in [-0.2, 0) is 0 Å². The molecule has 4 nitrogen and oxygen atoms in total. The fourth-order valence-corrected chi connectivity index (χ4v) is 2.47. The van der Waals surface area contributed by atoms with Crippen molar-refractivity contribution >= 4 is 27.7 Å². The van der Waals surface area contributed by atoms with E-state index in [1.807, 2.05) is 61.5 Å². The van der Waals surface area contributed by atoms with Crippen LogP contribution in [0, 0.1) is 0 Å². The number of pyridine rings is 1. The topological polar surface area (TPSA) is 45.2 Å². The van der Waals surface area contributed by atoms with E-state index in [0.29, 0.717) is 12.1 Å². The summed E-state index contributed by atoms with van der Waals surface area (Å²) in [5.41, 5.74) is 2.29. The van der Waals surface area contributed by atoms with E-state index in [4.69, 9.17) is 0 Å². The van der Waals surface area contributed by atoms with E-state index >= 15 is 0 Å². The number of fused-ring (bicyclic) bond motifs is 2. The smallest absolute Gasteiger partial charge is 1.00 e. The Kier molecular flexibility index (Phi) is 7.42. The molecule has 0 atom stereocenters. The monoisotopic (exact) mass is 365 g/mol. The highest BCUT2D eigenvalue weighted by Crippen LogP contribution is 2.22. The van der Waals surface area contributed by atoms with Crippen molar-refractivity contribution in [1.29, 1.82) is 0 Å². The number of halogens is 2. The van der Waals surface area contributed by atoms with Gasteiger partial charge in [-0.15, -0.1) is 0 Å². The first-order valence-corrected chi connectivity index (χ1v) is 7.36. The van der Waals surface area contributed by atoms with E-state index in [-0.39, 0.29) is 33.6 Å². The van der Waals surface area contributed by atoms with Crippen molar-refractivity contribution in [1.82, 2.24) is 15.2 Å². The van der Waals surface area contributed by atoms with Crippen LogP contribution in [0.15, 0.2) is 48.5 Å². The van der Waals surface area contributed by atoms with Crippen molar-refractivity contribution in [3.8, 4) is 0 Å². The molecule has 0 saturated carbocycles. The van der Waals surface area contributed by atoms with E-state index in [1.54, 1.807) is 0 Å². The Labute approximate surface area is 157 Å². The maximum atomic E-state index is 12.4. The maximum absolute atomic E-state index is 12.4. The molecule has 0 unspecified atom stereocenters. The SMILES string of the molecule is CN(C)CCNC(=O)c1cccc2cc3ccccc3nc12.[Cl-].[Cl-].[H+].[H+]. The summed E-state index contributed by atoms with van der Waals surface area (Å²) in [4.78, 5) is 19.1. The van der Waals surface area contributed by atoms with Gasteiger partial charge < -0.3 is 35.0 Å². The van der Waals surface area contributed by atoms with Crippen LogP contribution < -0.4 is 30.1 Å². The van der Waals surface area contributed by atoms with E-state index in [0.717, 1.165) is 28.4 Å². The second-order valence-electron chi connectivity index (χ2n) is 5.62. The Hall–Kier alpha value is -1.88. The minimum Gasteiger partial charge on any atom is -1.00 e. The largest absolute Gasteiger partial charge is 1.00 e. The Bertz CT molecular complexity index is 847. The first kappa shape index (κ1) is 20.2. The van der Waals surface area contributed by atoms with Crippen molar-refractivity contribution in [2.75, 3.05) is 27.2 Å². The molecule has 0 aliphatic heterocycles. The predicted molar refractivity (Wildman–Crippen MR) is 92.4 cm³/mol. The van der Waals surface area contributed by atoms with Gasteiger partial charge in [-0.2, -0.15) is 0 Å². The summed E-state index contributed by atoms with van der Waals surface area (Å²) in [5, 5.41) is 5.02. The Morgan fingerprint density at radius 2 is 1.79 bits per heavy atom. The third-order valence-corrected chi connectivity index (χ3v) is 3.64. The minimum atomic E-state index is -0.0739. The van der Waals surface area contributed by atoms with Gasteiger partial charge in [-0.1, -0.05) is 30.3 Å². The van der Waals surface area contributed by atoms with Crippen LogP contribution in [0.3, 0.4) is 0 Å². The number of benzene rings is 2. The predicted octanol–water partition coefficient (Wildman–Crippen LogP) is -3.09. The normalized spacial score (nSPS) is 10.3. The van der Waals surface area contributed by atoms with Crippen LogP contribution in [0.25, 0.3) is 21.8 Å². The lowest BCUT2D eigenvalue weighted by Gasteiger charge is -2.11. The minimum absolute atomic E-state index is 0. The number of likely N-dealkylation sites (N-methyl/N-ethyl adjacent to an activating group) is 1. The van der Waals surface area contributed by atoms with Gasteiger partial charge in [0.25, 0.3) is 5.91 Å². The second kappa shape index (κ2) is 8.83. The van der Waals surface area contributed by atoms with Gasteiger partial charge in [0.2, 0.25) is 0 Å². The van der Waals surface area contributed by atoms with Gasteiger partial charge in [-0.05, 0) is 32.3 Å². The highest BCUT2D eigenvalue weighted by Gasteiger charge is 2.11. The molecule has 1 aromatic heterocycles. The molecule has 0 saturated heterocycles. The van der Waals surface area contributed by atoms with Crippen LogP contribution in [0.4, 0.5) is 0 Å². The molecule has 24 heavy (non-hydrogen) atoms. The molecule has 6 heteroatoms. The van der Waals surface area contributed by atoms with Gasteiger partial charge in [-0.25, -0.2) is 4.98 Å². The number of hydrogen-bond donors (Lipinski definition) is 1. The summed E-state index contributed by atoms with van der Waals surface area (Å²) in [5.74, 6) is -0.0739. The molecule has 1 heterocycles. The number of rotatable bonds is 4. The number of carbonyl (C=O) groups is 1. The summed E-state index contributed by atoms with van der Waals surface area (Å²) >= 11 is 0. The van der Waals surface area contributed by atoms with E-state index in [9.17, 15) is 4.79 Å². The average Bonchev–Trinajstić information content (AvgIpc) is 2.51. The zero-order valence-electron chi connectivity index (χ0n) is 15.6. The zero-order chi connectivity index (χ0) is 15.5. The summed E-state index contributed by atoms with van der Waals surface area (Å²) < 4.78 is 0. The molecule has 1 amide bonds. The number of para-hydroxylation sites is 2. The zero-order valence-corrected chi connectivity index (χ0v) is 15.1. The molecule has 2 aromatic carbocycles. The molecule has 0 radical (unpaired) electrons. The van der Waals surface area contributed by atoms with Crippen LogP contribution in [0.1, 0.15) is 13.2 Å². The molecule has 0 fully saturated rings. The number of aromatic nitrogens is 1. The lowest BCUT2D eigenvalue weighted by atomic mass is 10.1. The average molecular weight is 366 g/mol. The molecular formula is C18H21Cl2N3O.